The Morgan fingerprint density at radius 3 is 2.50 bits per heavy atom. The van der Waals surface area contributed by atoms with Crippen LogP contribution in [-0.2, 0) is 16.0 Å². The molecular formula is C16H22N2O4. The number of ketones is 1. The number of aromatic amines is 1. The molecule has 0 aromatic carbocycles. The van der Waals surface area contributed by atoms with Crippen molar-refractivity contribution in [2.45, 2.75) is 46.1 Å². The van der Waals surface area contributed by atoms with E-state index in [0.29, 0.717) is 22.9 Å². The van der Waals surface area contributed by atoms with Crippen molar-refractivity contribution in [1.29, 1.82) is 0 Å². The second-order valence-corrected chi connectivity index (χ2v) is 5.90. The van der Waals surface area contributed by atoms with Crippen molar-refractivity contribution < 1.29 is 19.1 Å². The molecule has 1 aliphatic carbocycles. The molecule has 0 radical (unpaired) electrons. The number of carbonyl (C=O) groups is 3. The van der Waals surface area contributed by atoms with Crippen molar-refractivity contribution in [2.24, 2.45) is 5.92 Å². The monoisotopic (exact) mass is 306 g/mol. The molecule has 22 heavy (non-hydrogen) atoms. The fourth-order valence-corrected chi connectivity index (χ4v) is 2.70. The third kappa shape index (κ3) is 3.37. The molecule has 0 bridgehead atoms. The molecular weight excluding hydrogens is 284 g/mol. The molecule has 1 fully saturated rings. The quantitative estimate of drug-likeness (QED) is 0.619. The van der Waals surface area contributed by atoms with Crippen LogP contribution in [0.4, 0.5) is 0 Å². The number of nitrogens with one attached hydrogen (secondary N) is 2. The smallest absolute Gasteiger partial charge is 0.339 e. The number of hydrogen-bond donors (Lipinski definition) is 2. The summed E-state index contributed by atoms with van der Waals surface area (Å²) in [6, 6.07) is 0.136. The Morgan fingerprint density at radius 2 is 2.00 bits per heavy atom. The van der Waals surface area contributed by atoms with E-state index in [2.05, 4.69) is 10.3 Å². The van der Waals surface area contributed by atoms with E-state index < -0.39 is 5.97 Å². The number of amides is 1. The summed E-state index contributed by atoms with van der Waals surface area (Å²) in [4.78, 5) is 38.6. The molecule has 1 aromatic heterocycles. The van der Waals surface area contributed by atoms with Gasteiger partial charge in [-0.3, -0.25) is 9.59 Å². The number of esters is 1. The molecule has 6 nitrogen and oxygen atoms in total. The zero-order valence-corrected chi connectivity index (χ0v) is 13.4. The molecule has 0 unspecified atom stereocenters. The SMILES string of the molecule is COC(=O)c1c(CC(=O)N[C@@H](C)C2CC2)[nH]c(C(C)=O)c1C. The number of ether oxygens (including phenoxy) is 1. The fourth-order valence-electron chi connectivity index (χ4n) is 2.70. The van der Waals surface area contributed by atoms with Gasteiger partial charge in [-0.15, -0.1) is 0 Å². The van der Waals surface area contributed by atoms with Crippen LogP contribution in [0.2, 0.25) is 0 Å². The summed E-state index contributed by atoms with van der Waals surface area (Å²) >= 11 is 0. The highest BCUT2D eigenvalue weighted by molar-refractivity contribution is 6.01. The lowest BCUT2D eigenvalue weighted by molar-refractivity contribution is -0.121. The number of methoxy groups -OCH3 is 1. The summed E-state index contributed by atoms with van der Waals surface area (Å²) < 4.78 is 4.76. The zero-order valence-electron chi connectivity index (χ0n) is 13.4. The largest absolute Gasteiger partial charge is 0.465 e. The summed E-state index contributed by atoms with van der Waals surface area (Å²) in [7, 11) is 1.28. The van der Waals surface area contributed by atoms with Gasteiger partial charge in [0.1, 0.15) is 0 Å². The molecule has 1 atom stereocenters. The van der Waals surface area contributed by atoms with Gasteiger partial charge in [-0.05, 0) is 38.2 Å². The maximum Gasteiger partial charge on any atom is 0.339 e. The standard InChI is InChI=1S/C16H22N2O4/c1-8-14(16(21)22-4)12(18-15(8)10(3)19)7-13(20)17-9(2)11-5-6-11/h9,11,18H,5-7H2,1-4H3,(H,17,20)/t9-/m0/s1. The maximum absolute atomic E-state index is 12.1. The van der Waals surface area contributed by atoms with E-state index in [9.17, 15) is 14.4 Å². The van der Waals surface area contributed by atoms with Crippen molar-refractivity contribution in [2.75, 3.05) is 7.11 Å². The summed E-state index contributed by atoms with van der Waals surface area (Å²) in [5.74, 6) is -0.331. The number of aromatic nitrogens is 1. The van der Waals surface area contributed by atoms with Gasteiger partial charge in [0.25, 0.3) is 0 Å². The van der Waals surface area contributed by atoms with Crippen molar-refractivity contribution >= 4 is 17.7 Å². The van der Waals surface area contributed by atoms with Gasteiger partial charge >= 0.3 is 5.97 Å². The summed E-state index contributed by atoms with van der Waals surface area (Å²) in [5, 5.41) is 2.94. The second-order valence-electron chi connectivity index (χ2n) is 5.90. The van der Waals surface area contributed by atoms with E-state index in [1.807, 2.05) is 6.92 Å². The molecule has 2 N–H and O–H groups in total. The van der Waals surface area contributed by atoms with E-state index in [4.69, 9.17) is 4.74 Å². The van der Waals surface area contributed by atoms with Crippen molar-refractivity contribution in [1.82, 2.24) is 10.3 Å². The van der Waals surface area contributed by atoms with Crippen LogP contribution in [0.25, 0.3) is 0 Å². The Bertz CT molecular complexity index is 614. The number of rotatable bonds is 6. The van der Waals surface area contributed by atoms with Crippen LogP contribution < -0.4 is 5.32 Å². The first-order valence-electron chi connectivity index (χ1n) is 7.45. The van der Waals surface area contributed by atoms with Crippen LogP contribution in [0.5, 0.6) is 0 Å². The van der Waals surface area contributed by atoms with Gasteiger partial charge < -0.3 is 15.0 Å². The first-order chi connectivity index (χ1) is 10.3. The van der Waals surface area contributed by atoms with Gasteiger partial charge in [0, 0.05) is 18.7 Å². The maximum atomic E-state index is 12.1. The lowest BCUT2D eigenvalue weighted by atomic mass is 10.1. The number of H-pyrrole nitrogens is 1. The highest BCUT2D eigenvalue weighted by Crippen LogP contribution is 2.32. The van der Waals surface area contributed by atoms with Crippen LogP contribution in [0.15, 0.2) is 0 Å². The van der Waals surface area contributed by atoms with Gasteiger partial charge in [-0.25, -0.2) is 4.79 Å². The predicted octanol–water partition coefficient (Wildman–Crippen LogP) is 1.77. The van der Waals surface area contributed by atoms with Crippen molar-refractivity contribution in [3.63, 3.8) is 0 Å². The lowest BCUT2D eigenvalue weighted by Gasteiger charge is -2.12. The Balaban J connectivity index is 2.21. The molecule has 1 amide bonds. The number of hydrogen-bond acceptors (Lipinski definition) is 4. The fraction of sp³-hybridized carbons (Fsp3) is 0.562. The lowest BCUT2D eigenvalue weighted by Crippen LogP contribution is -2.35. The molecule has 1 aliphatic rings. The van der Waals surface area contributed by atoms with E-state index >= 15 is 0 Å². The Hall–Kier alpha value is -2.11. The minimum Gasteiger partial charge on any atom is -0.465 e. The second kappa shape index (κ2) is 6.34. The third-order valence-corrected chi connectivity index (χ3v) is 4.12. The van der Waals surface area contributed by atoms with Crippen LogP contribution in [0.1, 0.15) is 58.8 Å². The first-order valence-corrected chi connectivity index (χ1v) is 7.45. The van der Waals surface area contributed by atoms with Crippen molar-refractivity contribution in [3.8, 4) is 0 Å². The Morgan fingerprint density at radius 1 is 1.36 bits per heavy atom. The molecule has 120 valence electrons. The summed E-state index contributed by atoms with van der Waals surface area (Å²) in [6.07, 6.45) is 2.31. The van der Waals surface area contributed by atoms with Gasteiger partial charge in [0.2, 0.25) is 5.91 Å². The van der Waals surface area contributed by atoms with Gasteiger partial charge in [-0.2, -0.15) is 0 Å². The van der Waals surface area contributed by atoms with Crippen molar-refractivity contribution in [3.05, 3.63) is 22.5 Å². The minimum atomic E-state index is -0.542. The highest BCUT2D eigenvalue weighted by Gasteiger charge is 2.30. The molecule has 0 spiro atoms. The average molecular weight is 306 g/mol. The predicted molar refractivity (Wildman–Crippen MR) is 80.9 cm³/mol. The van der Waals surface area contributed by atoms with Crippen LogP contribution >= 0.6 is 0 Å². The van der Waals surface area contributed by atoms with Gasteiger partial charge in [0.05, 0.1) is 24.8 Å². The van der Waals surface area contributed by atoms with E-state index in [-0.39, 0.29) is 29.7 Å². The van der Waals surface area contributed by atoms with E-state index in [0.717, 1.165) is 12.8 Å². The molecule has 1 aromatic rings. The highest BCUT2D eigenvalue weighted by atomic mass is 16.5. The molecule has 1 saturated carbocycles. The molecule has 0 aliphatic heterocycles. The number of carbonyl (C=O) groups excluding carboxylic acids is 3. The van der Waals surface area contributed by atoms with Gasteiger partial charge in [0.15, 0.2) is 5.78 Å². The minimum absolute atomic E-state index is 0.0234. The topological polar surface area (TPSA) is 88.3 Å². The third-order valence-electron chi connectivity index (χ3n) is 4.12. The van der Waals surface area contributed by atoms with E-state index in [1.165, 1.54) is 14.0 Å². The molecule has 6 heteroatoms. The number of Topliss-reactive ketones (excluding diaryl/α,β-unsaturated/α-hetero) is 1. The Labute approximate surface area is 129 Å². The van der Waals surface area contributed by atoms with Gasteiger partial charge in [-0.1, -0.05) is 0 Å². The normalized spacial score (nSPS) is 15.3. The molecule has 0 saturated heterocycles. The average Bonchev–Trinajstić information content (AvgIpc) is 3.23. The van der Waals surface area contributed by atoms with Crippen LogP contribution in [0, 0.1) is 12.8 Å². The van der Waals surface area contributed by atoms with E-state index in [1.54, 1.807) is 6.92 Å². The summed E-state index contributed by atoms with van der Waals surface area (Å²) in [6.45, 7) is 5.07. The molecule has 1 heterocycles. The zero-order chi connectivity index (χ0) is 16.4. The molecule has 2 rings (SSSR count). The van der Waals surface area contributed by atoms with Crippen LogP contribution in [0.3, 0.4) is 0 Å². The first kappa shape index (κ1) is 16.3. The summed E-state index contributed by atoms with van der Waals surface area (Å²) in [5.41, 5.74) is 1.58. The Kier molecular flexibility index (Phi) is 4.68. The van der Waals surface area contributed by atoms with Crippen LogP contribution in [-0.4, -0.2) is 35.8 Å².